The van der Waals surface area contributed by atoms with Gasteiger partial charge in [0.25, 0.3) is 0 Å². The van der Waals surface area contributed by atoms with Gasteiger partial charge in [0.15, 0.2) is 11.6 Å². The van der Waals surface area contributed by atoms with Crippen LogP contribution in [0, 0.1) is 6.92 Å². The summed E-state index contributed by atoms with van der Waals surface area (Å²) in [7, 11) is 0. The number of aryl methyl sites for hydroxylation is 1. The number of carbonyl (C=O) groups is 2. The Hall–Kier alpha value is -4.88. The molecule has 2 amide bonds. The van der Waals surface area contributed by atoms with Gasteiger partial charge in [-0.2, -0.15) is 9.97 Å². The Morgan fingerprint density at radius 3 is 2.13 bits per heavy atom. The first-order valence-electron chi connectivity index (χ1n) is 16.2. The highest BCUT2D eigenvalue weighted by atomic mass is 16.2. The first-order chi connectivity index (χ1) is 22.4. The van der Waals surface area contributed by atoms with Crippen molar-refractivity contribution < 1.29 is 9.59 Å². The van der Waals surface area contributed by atoms with Crippen LogP contribution in [0.2, 0.25) is 0 Å². The number of unbranched alkanes of at least 4 members (excludes halogenated alkanes) is 2. The molecule has 0 aliphatic heterocycles. The van der Waals surface area contributed by atoms with Crippen molar-refractivity contribution in [3.8, 4) is 0 Å². The van der Waals surface area contributed by atoms with Crippen LogP contribution in [0.3, 0.4) is 0 Å². The fourth-order valence-electron chi connectivity index (χ4n) is 5.37. The molecular weight excluding hydrogens is 596 g/mol. The molecule has 2 atom stereocenters. The maximum absolute atomic E-state index is 11.8. The standard InChI is InChI=1S/C33H48N12O2/c1-7-8-13-32(5,19-38-22(3)46)45-29-27-25(17-21(2)18-37-27)41-31(43-29)36-15-10-9-14-33(6,20-39-23(4)47)44-28-26-24(12-11-16-35-26)40-30(34)42-28/h11-12,16-18H,7-10,13-15,19-20H2,1-6H3,(H,38,46)(H,39,47)(H3,34,40,42,44)(H2,36,41,43,45)/t32-,33-/m1/s1. The van der Waals surface area contributed by atoms with E-state index in [1.54, 1.807) is 12.3 Å². The van der Waals surface area contributed by atoms with Crippen molar-refractivity contribution in [1.29, 1.82) is 0 Å². The molecule has 0 spiro atoms. The number of hydrogen-bond donors (Lipinski definition) is 6. The van der Waals surface area contributed by atoms with Crippen LogP contribution in [-0.4, -0.2) is 72.4 Å². The molecule has 0 saturated heterocycles. The Bertz CT molecular complexity index is 1700. The van der Waals surface area contributed by atoms with Crippen LogP contribution in [-0.2, 0) is 9.59 Å². The molecule has 47 heavy (non-hydrogen) atoms. The average Bonchev–Trinajstić information content (AvgIpc) is 3.01. The van der Waals surface area contributed by atoms with Gasteiger partial charge in [0.2, 0.25) is 23.7 Å². The minimum Gasteiger partial charge on any atom is -0.368 e. The van der Waals surface area contributed by atoms with E-state index < -0.39 is 11.1 Å². The van der Waals surface area contributed by atoms with E-state index in [0.29, 0.717) is 53.8 Å². The summed E-state index contributed by atoms with van der Waals surface area (Å²) in [5.74, 6) is 1.60. The highest BCUT2D eigenvalue weighted by Crippen LogP contribution is 2.27. The molecule has 0 fully saturated rings. The molecule has 252 valence electrons. The molecule has 0 radical (unpaired) electrons. The van der Waals surface area contributed by atoms with Gasteiger partial charge in [-0.15, -0.1) is 0 Å². The van der Waals surface area contributed by atoms with E-state index in [2.05, 4.69) is 60.4 Å². The van der Waals surface area contributed by atoms with E-state index in [1.807, 2.05) is 32.2 Å². The molecule has 0 saturated carbocycles. The average molecular weight is 645 g/mol. The number of nitrogens with two attached hydrogens (primary N) is 1. The molecule has 0 unspecified atom stereocenters. The second kappa shape index (κ2) is 15.6. The highest BCUT2D eigenvalue weighted by Gasteiger charge is 2.27. The third kappa shape index (κ3) is 10.1. The minimum absolute atomic E-state index is 0.0762. The van der Waals surface area contributed by atoms with Gasteiger partial charge in [0.1, 0.15) is 11.0 Å². The van der Waals surface area contributed by atoms with Gasteiger partial charge < -0.3 is 32.3 Å². The monoisotopic (exact) mass is 644 g/mol. The number of nitrogens with zero attached hydrogens (tertiary/aromatic N) is 6. The second-order valence-corrected chi connectivity index (χ2v) is 12.8. The van der Waals surface area contributed by atoms with Crippen LogP contribution in [0.15, 0.2) is 30.6 Å². The molecular formula is C33H48N12O2. The number of amides is 2. The van der Waals surface area contributed by atoms with E-state index in [0.717, 1.165) is 49.6 Å². The summed E-state index contributed by atoms with van der Waals surface area (Å²) < 4.78 is 0. The third-order valence-electron chi connectivity index (χ3n) is 7.96. The third-order valence-corrected chi connectivity index (χ3v) is 7.96. The summed E-state index contributed by atoms with van der Waals surface area (Å²) in [6.45, 7) is 12.8. The molecule has 4 aromatic rings. The number of fused-ring (bicyclic) bond motifs is 2. The lowest BCUT2D eigenvalue weighted by atomic mass is 9.94. The van der Waals surface area contributed by atoms with Gasteiger partial charge in [-0.3, -0.25) is 19.6 Å². The lowest BCUT2D eigenvalue weighted by molar-refractivity contribution is -0.120. The lowest BCUT2D eigenvalue weighted by Crippen LogP contribution is -2.46. The zero-order valence-electron chi connectivity index (χ0n) is 28.3. The molecule has 0 aliphatic carbocycles. The first kappa shape index (κ1) is 35.0. The number of aromatic nitrogens is 6. The summed E-state index contributed by atoms with van der Waals surface area (Å²) in [6.07, 6.45) is 8.74. The number of rotatable bonds is 17. The Morgan fingerprint density at radius 1 is 0.830 bits per heavy atom. The molecule has 4 rings (SSSR count). The zero-order valence-corrected chi connectivity index (χ0v) is 28.3. The predicted octanol–water partition coefficient (Wildman–Crippen LogP) is 4.34. The first-order valence-corrected chi connectivity index (χ1v) is 16.2. The lowest BCUT2D eigenvalue weighted by Gasteiger charge is -2.32. The van der Waals surface area contributed by atoms with E-state index >= 15 is 0 Å². The maximum Gasteiger partial charge on any atom is 0.225 e. The van der Waals surface area contributed by atoms with E-state index in [1.165, 1.54) is 13.8 Å². The fourth-order valence-corrected chi connectivity index (χ4v) is 5.37. The summed E-state index contributed by atoms with van der Waals surface area (Å²) in [5.41, 5.74) is 8.70. The fraction of sp³-hybridized carbons (Fsp3) is 0.515. The van der Waals surface area contributed by atoms with E-state index in [9.17, 15) is 9.59 Å². The second-order valence-electron chi connectivity index (χ2n) is 12.8. The van der Waals surface area contributed by atoms with Crippen molar-refractivity contribution in [3.05, 3.63) is 36.2 Å². The topological polar surface area (TPSA) is 198 Å². The van der Waals surface area contributed by atoms with Crippen molar-refractivity contribution in [2.75, 3.05) is 41.3 Å². The highest BCUT2D eigenvalue weighted by molar-refractivity contribution is 5.87. The van der Waals surface area contributed by atoms with Crippen molar-refractivity contribution >= 4 is 57.4 Å². The number of nitrogen functional groups attached to an aromatic ring is 1. The van der Waals surface area contributed by atoms with Crippen LogP contribution in [0.1, 0.15) is 78.7 Å². The molecule has 0 aliphatic rings. The van der Waals surface area contributed by atoms with Gasteiger partial charge in [-0.05, 0) is 70.2 Å². The van der Waals surface area contributed by atoms with E-state index in [4.69, 9.17) is 15.7 Å². The summed E-state index contributed by atoms with van der Waals surface area (Å²) in [4.78, 5) is 51.0. The number of anilines is 4. The normalized spacial score (nSPS) is 13.8. The summed E-state index contributed by atoms with van der Waals surface area (Å²) in [5, 5.41) is 16.4. The number of nitrogens with one attached hydrogen (secondary N) is 5. The van der Waals surface area contributed by atoms with Gasteiger partial charge in [-0.25, -0.2) is 9.97 Å². The molecule has 14 heteroatoms. The quantitative estimate of drug-likeness (QED) is 0.0891. The number of pyridine rings is 2. The van der Waals surface area contributed by atoms with Gasteiger partial charge in [0, 0.05) is 45.9 Å². The molecule has 0 aromatic carbocycles. The Balaban J connectivity index is 1.47. The molecule has 0 bridgehead atoms. The van der Waals surface area contributed by atoms with Crippen LogP contribution >= 0.6 is 0 Å². The predicted molar refractivity (Wildman–Crippen MR) is 187 cm³/mol. The van der Waals surface area contributed by atoms with Gasteiger partial charge in [-0.1, -0.05) is 19.8 Å². The Morgan fingerprint density at radius 2 is 1.47 bits per heavy atom. The largest absolute Gasteiger partial charge is 0.368 e. The van der Waals surface area contributed by atoms with Crippen molar-refractivity contribution in [2.24, 2.45) is 0 Å². The number of hydrogen-bond acceptors (Lipinski definition) is 12. The molecule has 4 heterocycles. The Labute approximate surface area is 276 Å². The molecule has 14 nitrogen and oxygen atoms in total. The van der Waals surface area contributed by atoms with Crippen molar-refractivity contribution in [1.82, 2.24) is 40.5 Å². The van der Waals surface area contributed by atoms with Crippen molar-refractivity contribution in [3.63, 3.8) is 0 Å². The van der Waals surface area contributed by atoms with Crippen LogP contribution in [0.5, 0.6) is 0 Å². The smallest absolute Gasteiger partial charge is 0.225 e. The zero-order chi connectivity index (χ0) is 34.0. The van der Waals surface area contributed by atoms with Gasteiger partial charge >= 0.3 is 0 Å². The van der Waals surface area contributed by atoms with Gasteiger partial charge in [0.05, 0.1) is 22.1 Å². The molecule has 4 aromatic heterocycles. The number of carbonyl (C=O) groups excluding carboxylic acids is 2. The molecule has 7 N–H and O–H groups in total. The SMILES string of the molecule is CCCC[C@](C)(CNC(C)=O)Nc1nc(NCCCC[C@](C)(CNC(C)=O)Nc2nc(N)nc3cccnc23)nc2cc(C)cnc12. The van der Waals surface area contributed by atoms with Crippen LogP contribution in [0.25, 0.3) is 22.1 Å². The van der Waals surface area contributed by atoms with Crippen molar-refractivity contribution in [2.45, 2.75) is 91.1 Å². The Kier molecular flexibility index (Phi) is 11.6. The van der Waals surface area contributed by atoms with Crippen LogP contribution < -0.4 is 32.3 Å². The minimum atomic E-state index is -0.534. The van der Waals surface area contributed by atoms with Crippen LogP contribution in [0.4, 0.5) is 23.5 Å². The maximum atomic E-state index is 11.8. The van der Waals surface area contributed by atoms with E-state index in [-0.39, 0.29) is 17.8 Å². The summed E-state index contributed by atoms with van der Waals surface area (Å²) >= 11 is 0. The summed E-state index contributed by atoms with van der Waals surface area (Å²) in [6, 6.07) is 5.63.